The minimum atomic E-state index is -0.883. The number of carboxylic acid groups (broad SMARTS) is 1. The van der Waals surface area contributed by atoms with E-state index in [1.54, 1.807) is 0 Å². The maximum atomic E-state index is 10.6. The first-order chi connectivity index (χ1) is 6.13. The van der Waals surface area contributed by atoms with E-state index >= 15 is 0 Å². The predicted octanol–water partition coefficient (Wildman–Crippen LogP) is 1.90. The van der Waals surface area contributed by atoms with Gasteiger partial charge in [0, 0.05) is 0 Å². The van der Waals surface area contributed by atoms with Crippen LogP contribution in [0.3, 0.4) is 0 Å². The molecule has 0 aliphatic heterocycles. The minimum absolute atomic E-state index is 0.0778. The zero-order valence-corrected chi connectivity index (χ0v) is 8.49. The number of hydrogen-bond donors (Lipinski definition) is 2. The molecule has 78 valence electrons. The Morgan fingerprint density at radius 1 is 1.38 bits per heavy atom. The van der Waals surface area contributed by atoms with E-state index < -0.39 is 11.9 Å². The van der Waals surface area contributed by atoms with Gasteiger partial charge in [-0.2, -0.15) is 0 Å². The highest BCUT2D eigenvalue weighted by Gasteiger charge is 2.22. The maximum absolute atomic E-state index is 10.6. The highest BCUT2D eigenvalue weighted by Crippen LogP contribution is 2.18. The monoisotopic (exact) mass is 188 g/mol. The number of aliphatic carboxylic acids is 1. The Morgan fingerprint density at radius 3 is 2.38 bits per heavy atom. The van der Waals surface area contributed by atoms with Crippen LogP contribution in [0.4, 0.5) is 0 Å². The van der Waals surface area contributed by atoms with Crippen LogP contribution in [0.25, 0.3) is 0 Å². The average Bonchev–Trinajstić information content (AvgIpc) is 2.05. The first kappa shape index (κ1) is 12.4. The van der Waals surface area contributed by atoms with E-state index in [1.807, 2.05) is 6.92 Å². The third-order valence-electron chi connectivity index (χ3n) is 2.46. The average molecular weight is 188 g/mol. The van der Waals surface area contributed by atoms with Gasteiger partial charge in [-0.15, -0.1) is 0 Å². The lowest BCUT2D eigenvalue weighted by Gasteiger charge is -2.17. The summed E-state index contributed by atoms with van der Waals surface area (Å²) in [5.74, 6) is -1.39. The number of carboxylic acids is 1. The molecule has 2 atom stereocenters. The number of aliphatic hydroxyl groups is 1. The molecule has 3 heteroatoms. The highest BCUT2D eigenvalue weighted by molar-refractivity contribution is 5.70. The Bertz CT molecular complexity index is 145. The van der Waals surface area contributed by atoms with Crippen LogP contribution in [-0.4, -0.2) is 22.8 Å². The Balaban J connectivity index is 3.77. The molecule has 13 heavy (non-hydrogen) atoms. The van der Waals surface area contributed by atoms with Crippen LogP contribution >= 0.6 is 0 Å². The van der Waals surface area contributed by atoms with E-state index in [1.165, 1.54) is 0 Å². The van der Waals surface area contributed by atoms with Gasteiger partial charge < -0.3 is 10.2 Å². The third kappa shape index (κ3) is 4.88. The van der Waals surface area contributed by atoms with Crippen molar-refractivity contribution in [1.29, 1.82) is 0 Å². The zero-order valence-electron chi connectivity index (χ0n) is 8.49. The van der Waals surface area contributed by atoms with Crippen LogP contribution in [0.15, 0.2) is 0 Å². The summed E-state index contributed by atoms with van der Waals surface area (Å²) in [6.07, 6.45) is 4.23. The van der Waals surface area contributed by atoms with Crippen LogP contribution in [0.1, 0.15) is 39.5 Å². The van der Waals surface area contributed by atoms with Crippen molar-refractivity contribution < 1.29 is 15.0 Å². The van der Waals surface area contributed by atoms with Gasteiger partial charge in [-0.1, -0.05) is 33.1 Å². The molecule has 3 nitrogen and oxygen atoms in total. The molecule has 0 aromatic heterocycles. The molecule has 0 unspecified atom stereocenters. The molecule has 0 saturated heterocycles. The van der Waals surface area contributed by atoms with Crippen molar-refractivity contribution in [2.45, 2.75) is 39.5 Å². The molecule has 0 rings (SSSR count). The lowest BCUT2D eigenvalue weighted by molar-refractivity contribution is -0.145. The molecule has 2 N–H and O–H groups in total. The molecular formula is C10H20O3. The molecule has 0 radical (unpaired) electrons. The number of hydrogen-bond acceptors (Lipinski definition) is 2. The van der Waals surface area contributed by atoms with E-state index in [4.69, 9.17) is 10.2 Å². The van der Waals surface area contributed by atoms with Gasteiger partial charge in [0.05, 0.1) is 12.5 Å². The quantitative estimate of drug-likeness (QED) is 0.600. The summed E-state index contributed by atoms with van der Waals surface area (Å²) in [7, 11) is 0. The van der Waals surface area contributed by atoms with Gasteiger partial charge in [-0.3, -0.25) is 4.79 Å². The molecule has 0 fully saturated rings. The first-order valence-electron chi connectivity index (χ1n) is 4.97. The molecule has 0 aromatic rings. The molecule has 0 aliphatic carbocycles. The van der Waals surface area contributed by atoms with Gasteiger partial charge in [0.15, 0.2) is 0 Å². The second-order valence-corrected chi connectivity index (χ2v) is 3.60. The third-order valence-corrected chi connectivity index (χ3v) is 2.46. The first-order valence-corrected chi connectivity index (χ1v) is 4.97. The van der Waals surface area contributed by atoms with Gasteiger partial charge in [0.25, 0.3) is 0 Å². The molecular weight excluding hydrogens is 168 g/mol. The number of unbranched alkanes of at least 4 members (excludes halogenated alkanes) is 2. The molecule has 0 bridgehead atoms. The van der Waals surface area contributed by atoms with Crippen LogP contribution in [0, 0.1) is 11.8 Å². The van der Waals surface area contributed by atoms with Crippen LogP contribution in [0.2, 0.25) is 0 Å². The minimum Gasteiger partial charge on any atom is -0.481 e. The van der Waals surface area contributed by atoms with Crippen molar-refractivity contribution in [1.82, 2.24) is 0 Å². The van der Waals surface area contributed by atoms with Crippen molar-refractivity contribution in [3.8, 4) is 0 Å². The summed E-state index contributed by atoms with van der Waals surface area (Å²) in [5, 5.41) is 17.6. The second-order valence-electron chi connectivity index (χ2n) is 3.60. The van der Waals surface area contributed by atoms with Crippen molar-refractivity contribution in [3.63, 3.8) is 0 Å². The van der Waals surface area contributed by atoms with Crippen molar-refractivity contribution in [2.24, 2.45) is 11.8 Å². The molecule has 0 aliphatic rings. The van der Waals surface area contributed by atoms with Crippen LogP contribution in [-0.2, 0) is 4.79 Å². The molecule has 0 amide bonds. The number of aliphatic hydroxyl groups excluding tert-OH is 1. The summed E-state index contributed by atoms with van der Waals surface area (Å²) in [6.45, 7) is 3.76. The Kier molecular flexibility index (Phi) is 6.59. The van der Waals surface area contributed by atoms with Gasteiger partial charge in [0.1, 0.15) is 0 Å². The van der Waals surface area contributed by atoms with E-state index in [-0.39, 0.29) is 12.5 Å². The van der Waals surface area contributed by atoms with Gasteiger partial charge in [-0.25, -0.2) is 0 Å². The SMILES string of the molecule is CCCCC[C@@H](C)[C@H](CO)C(=O)O. The number of carbonyl (C=O) groups is 1. The Morgan fingerprint density at radius 2 is 2.00 bits per heavy atom. The van der Waals surface area contributed by atoms with Crippen molar-refractivity contribution in [3.05, 3.63) is 0 Å². The van der Waals surface area contributed by atoms with E-state index in [0.29, 0.717) is 0 Å². The predicted molar refractivity (Wildman–Crippen MR) is 51.5 cm³/mol. The van der Waals surface area contributed by atoms with Gasteiger partial charge in [-0.05, 0) is 12.3 Å². The fraction of sp³-hybridized carbons (Fsp3) is 0.900. The van der Waals surface area contributed by atoms with Crippen LogP contribution < -0.4 is 0 Å². The van der Waals surface area contributed by atoms with Crippen LogP contribution in [0.5, 0.6) is 0 Å². The smallest absolute Gasteiger partial charge is 0.309 e. The standard InChI is InChI=1S/C10H20O3/c1-3-4-5-6-8(2)9(7-11)10(12)13/h8-9,11H,3-7H2,1-2H3,(H,12,13)/t8-,9+/m1/s1. The second kappa shape index (κ2) is 6.89. The normalized spacial score (nSPS) is 15.3. The molecule has 0 saturated carbocycles. The molecule has 0 spiro atoms. The summed E-state index contributed by atoms with van der Waals surface area (Å²) in [6, 6.07) is 0. The van der Waals surface area contributed by atoms with E-state index in [0.717, 1.165) is 25.7 Å². The summed E-state index contributed by atoms with van der Waals surface area (Å²) < 4.78 is 0. The fourth-order valence-corrected chi connectivity index (χ4v) is 1.42. The fourth-order valence-electron chi connectivity index (χ4n) is 1.42. The number of rotatable bonds is 7. The lowest BCUT2D eigenvalue weighted by Crippen LogP contribution is -2.25. The van der Waals surface area contributed by atoms with Crippen molar-refractivity contribution in [2.75, 3.05) is 6.61 Å². The molecule has 0 aromatic carbocycles. The summed E-state index contributed by atoms with van der Waals surface area (Å²) in [5.41, 5.74) is 0. The summed E-state index contributed by atoms with van der Waals surface area (Å²) in [4.78, 5) is 10.6. The summed E-state index contributed by atoms with van der Waals surface area (Å²) >= 11 is 0. The highest BCUT2D eigenvalue weighted by atomic mass is 16.4. The van der Waals surface area contributed by atoms with E-state index in [2.05, 4.69) is 6.92 Å². The van der Waals surface area contributed by atoms with Crippen molar-refractivity contribution >= 4 is 5.97 Å². The Hall–Kier alpha value is -0.570. The van der Waals surface area contributed by atoms with Gasteiger partial charge in [0.2, 0.25) is 0 Å². The lowest BCUT2D eigenvalue weighted by atomic mass is 9.90. The van der Waals surface area contributed by atoms with E-state index in [9.17, 15) is 4.79 Å². The topological polar surface area (TPSA) is 57.5 Å². The molecule has 0 heterocycles. The zero-order chi connectivity index (χ0) is 10.3. The maximum Gasteiger partial charge on any atom is 0.309 e. The van der Waals surface area contributed by atoms with Gasteiger partial charge >= 0.3 is 5.97 Å². The Labute approximate surface area is 79.8 Å². The largest absolute Gasteiger partial charge is 0.481 e.